The number of hydrogen-bond donors (Lipinski definition) is 1. The van der Waals surface area contributed by atoms with E-state index in [4.69, 9.17) is 0 Å². The topological polar surface area (TPSA) is 29.1 Å². The largest absolute Gasteiger partial charge is 0.303 e. The van der Waals surface area contributed by atoms with Gasteiger partial charge in [-0.2, -0.15) is 0 Å². The van der Waals surface area contributed by atoms with Crippen LogP contribution in [0.25, 0.3) is 0 Å². The molecular formula is C16H19NOS2. The van der Waals surface area contributed by atoms with Gasteiger partial charge in [0.05, 0.1) is 6.04 Å². The van der Waals surface area contributed by atoms with Crippen LogP contribution in [0.1, 0.15) is 29.3 Å². The van der Waals surface area contributed by atoms with E-state index in [2.05, 4.69) is 53.2 Å². The summed E-state index contributed by atoms with van der Waals surface area (Å²) in [7, 11) is -0.594. The van der Waals surface area contributed by atoms with Gasteiger partial charge < -0.3 is 5.32 Å². The Hall–Kier alpha value is -0.970. The normalized spacial score (nSPS) is 24.4. The van der Waals surface area contributed by atoms with Crippen molar-refractivity contribution in [1.29, 1.82) is 0 Å². The van der Waals surface area contributed by atoms with Gasteiger partial charge in [-0.05, 0) is 29.9 Å². The second kappa shape index (κ2) is 6.66. The SMILES string of the molecule is O=S1CCC(NC(c2ccccc2)c2cccs2)CC1. The number of rotatable bonds is 4. The van der Waals surface area contributed by atoms with Crippen molar-refractivity contribution in [1.82, 2.24) is 5.32 Å². The molecule has 0 radical (unpaired) electrons. The van der Waals surface area contributed by atoms with Gasteiger partial charge in [-0.1, -0.05) is 36.4 Å². The van der Waals surface area contributed by atoms with Crippen LogP contribution in [0.4, 0.5) is 0 Å². The number of hydrogen-bond acceptors (Lipinski definition) is 3. The minimum absolute atomic E-state index is 0.257. The van der Waals surface area contributed by atoms with E-state index in [9.17, 15) is 4.21 Å². The molecule has 0 spiro atoms. The quantitative estimate of drug-likeness (QED) is 0.938. The van der Waals surface area contributed by atoms with Crippen LogP contribution in [0.15, 0.2) is 47.8 Å². The fourth-order valence-corrected chi connectivity index (χ4v) is 4.75. The summed E-state index contributed by atoms with van der Waals surface area (Å²) in [4.78, 5) is 1.35. The fourth-order valence-electron chi connectivity index (χ4n) is 2.64. The van der Waals surface area contributed by atoms with E-state index in [-0.39, 0.29) is 6.04 Å². The molecule has 3 rings (SSSR count). The first kappa shape index (κ1) is 14.0. The molecule has 0 aliphatic carbocycles. The average Bonchev–Trinajstić information content (AvgIpc) is 3.01. The van der Waals surface area contributed by atoms with Gasteiger partial charge in [0.15, 0.2) is 0 Å². The monoisotopic (exact) mass is 305 g/mol. The zero-order chi connectivity index (χ0) is 13.8. The molecule has 0 amide bonds. The first-order valence-corrected chi connectivity index (χ1v) is 9.39. The summed E-state index contributed by atoms with van der Waals surface area (Å²) < 4.78 is 11.5. The summed E-state index contributed by atoms with van der Waals surface area (Å²) >= 11 is 1.79. The van der Waals surface area contributed by atoms with E-state index in [1.54, 1.807) is 11.3 Å². The molecule has 2 nitrogen and oxygen atoms in total. The van der Waals surface area contributed by atoms with E-state index in [0.29, 0.717) is 6.04 Å². The molecule has 20 heavy (non-hydrogen) atoms. The Morgan fingerprint density at radius 1 is 1.10 bits per heavy atom. The molecule has 1 saturated heterocycles. The van der Waals surface area contributed by atoms with Crippen LogP contribution in [0, 0.1) is 0 Å². The van der Waals surface area contributed by atoms with Gasteiger partial charge in [0.25, 0.3) is 0 Å². The van der Waals surface area contributed by atoms with E-state index in [1.165, 1.54) is 10.4 Å². The van der Waals surface area contributed by atoms with E-state index in [0.717, 1.165) is 24.3 Å². The molecule has 0 bridgehead atoms. The zero-order valence-electron chi connectivity index (χ0n) is 11.3. The van der Waals surface area contributed by atoms with E-state index in [1.807, 2.05) is 0 Å². The Balaban J connectivity index is 1.78. The van der Waals surface area contributed by atoms with Crippen molar-refractivity contribution in [3.8, 4) is 0 Å². The lowest BCUT2D eigenvalue weighted by Crippen LogP contribution is -2.38. The number of nitrogens with one attached hydrogen (secondary N) is 1. The molecule has 0 saturated carbocycles. The average molecular weight is 305 g/mol. The molecule has 2 aromatic rings. The minimum atomic E-state index is -0.594. The Kier molecular flexibility index (Phi) is 4.65. The van der Waals surface area contributed by atoms with Crippen LogP contribution in [0.2, 0.25) is 0 Å². The maximum atomic E-state index is 11.5. The molecule has 4 heteroatoms. The smallest absolute Gasteiger partial charge is 0.0673 e. The third kappa shape index (κ3) is 3.37. The van der Waals surface area contributed by atoms with E-state index < -0.39 is 10.8 Å². The maximum absolute atomic E-state index is 11.5. The van der Waals surface area contributed by atoms with Crippen molar-refractivity contribution in [2.45, 2.75) is 24.9 Å². The van der Waals surface area contributed by atoms with Gasteiger partial charge in [-0.25, -0.2) is 0 Å². The molecule has 1 aromatic heterocycles. The van der Waals surface area contributed by atoms with Crippen LogP contribution >= 0.6 is 11.3 Å². The highest BCUT2D eigenvalue weighted by Gasteiger charge is 2.23. The summed E-state index contributed by atoms with van der Waals surface area (Å²) in [6, 6.07) is 15.6. The summed E-state index contributed by atoms with van der Waals surface area (Å²) in [6.07, 6.45) is 2.03. The van der Waals surface area contributed by atoms with Crippen molar-refractivity contribution in [3.63, 3.8) is 0 Å². The lowest BCUT2D eigenvalue weighted by atomic mass is 10.0. The van der Waals surface area contributed by atoms with Gasteiger partial charge >= 0.3 is 0 Å². The first-order chi connectivity index (χ1) is 9.83. The number of benzene rings is 1. The second-order valence-electron chi connectivity index (χ2n) is 5.15. The lowest BCUT2D eigenvalue weighted by Gasteiger charge is -2.28. The lowest BCUT2D eigenvalue weighted by molar-refractivity contribution is 0.444. The summed E-state index contributed by atoms with van der Waals surface area (Å²) in [5.41, 5.74) is 1.31. The van der Waals surface area contributed by atoms with Crippen molar-refractivity contribution in [2.24, 2.45) is 0 Å². The Bertz CT molecular complexity index is 543. The highest BCUT2D eigenvalue weighted by Crippen LogP contribution is 2.27. The van der Waals surface area contributed by atoms with Gasteiger partial charge in [0.2, 0.25) is 0 Å². The first-order valence-electron chi connectivity index (χ1n) is 7.02. The van der Waals surface area contributed by atoms with Crippen LogP contribution in [0.5, 0.6) is 0 Å². The minimum Gasteiger partial charge on any atom is -0.303 e. The molecule has 1 aliphatic rings. The van der Waals surface area contributed by atoms with Gasteiger partial charge in [-0.15, -0.1) is 11.3 Å². The van der Waals surface area contributed by atoms with E-state index >= 15 is 0 Å². The Morgan fingerprint density at radius 3 is 2.50 bits per heavy atom. The van der Waals surface area contributed by atoms with Crippen molar-refractivity contribution >= 4 is 22.1 Å². The zero-order valence-corrected chi connectivity index (χ0v) is 13.0. The molecule has 2 heterocycles. The highest BCUT2D eigenvalue weighted by atomic mass is 32.2. The van der Waals surface area contributed by atoms with Gasteiger partial charge in [0.1, 0.15) is 0 Å². The predicted molar refractivity (Wildman–Crippen MR) is 86.6 cm³/mol. The third-order valence-corrected chi connectivity index (χ3v) is 6.07. The summed E-state index contributed by atoms with van der Waals surface area (Å²) in [5, 5.41) is 5.90. The van der Waals surface area contributed by atoms with Crippen LogP contribution < -0.4 is 5.32 Å². The molecule has 1 aliphatic heterocycles. The third-order valence-electron chi connectivity index (χ3n) is 3.75. The molecule has 1 N–H and O–H groups in total. The van der Waals surface area contributed by atoms with Gasteiger partial charge in [0, 0.05) is 33.2 Å². The predicted octanol–water partition coefficient (Wildman–Crippen LogP) is 3.34. The summed E-state index contributed by atoms with van der Waals surface area (Å²) in [5.74, 6) is 1.67. The molecule has 1 aromatic carbocycles. The van der Waals surface area contributed by atoms with Crippen molar-refractivity contribution in [2.75, 3.05) is 11.5 Å². The van der Waals surface area contributed by atoms with Crippen molar-refractivity contribution in [3.05, 3.63) is 58.3 Å². The second-order valence-corrected chi connectivity index (χ2v) is 7.82. The molecule has 1 unspecified atom stereocenters. The molecule has 1 fully saturated rings. The van der Waals surface area contributed by atoms with Crippen LogP contribution in [-0.4, -0.2) is 21.8 Å². The Morgan fingerprint density at radius 2 is 1.85 bits per heavy atom. The molecule has 106 valence electrons. The fraction of sp³-hybridized carbons (Fsp3) is 0.375. The van der Waals surface area contributed by atoms with Crippen molar-refractivity contribution < 1.29 is 4.21 Å². The Labute approximate surface area is 126 Å². The van der Waals surface area contributed by atoms with Crippen LogP contribution in [0.3, 0.4) is 0 Å². The summed E-state index contributed by atoms with van der Waals surface area (Å²) in [6.45, 7) is 0. The van der Waals surface area contributed by atoms with Crippen LogP contribution in [-0.2, 0) is 10.8 Å². The maximum Gasteiger partial charge on any atom is 0.0673 e. The standard InChI is InChI=1S/C16H19NOS2/c18-20-11-8-14(9-12-20)17-16(15-7-4-10-19-15)13-5-2-1-3-6-13/h1-7,10,14,16-17H,8-9,11-12H2. The number of thiophene rings is 1. The molecular weight excluding hydrogens is 286 g/mol. The molecule has 1 atom stereocenters. The highest BCUT2D eigenvalue weighted by molar-refractivity contribution is 7.85. The van der Waals surface area contributed by atoms with Gasteiger partial charge in [-0.3, -0.25) is 4.21 Å².